The van der Waals surface area contributed by atoms with Crippen molar-refractivity contribution in [1.29, 1.82) is 0 Å². The third-order valence-electron chi connectivity index (χ3n) is 6.66. The predicted molar refractivity (Wildman–Crippen MR) is 127 cm³/mol. The Balaban J connectivity index is 1.52. The third-order valence-corrected chi connectivity index (χ3v) is 7.81. The quantitative estimate of drug-likeness (QED) is 0.365. The zero-order valence-electron chi connectivity index (χ0n) is 16.5. The normalized spacial score (nSPS) is 23.8. The highest BCUT2D eigenvalue weighted by Gasteiger charge is 2.46. The van der Waals surface area contributed by atoms with Gasteiger partial charge in [-0.15, -0.1) is 0 Å². The summed E-state index contributed by atoms with van der Waals surface area (Å²) in [5.74, 6) is 0.505. The minimum atomic E-state index is 0.0729. The second kappa shape index (κ2) is 8.63. The first-order valence-corrected chi connectivity index (χ1v) is 12.0. The maximum Gasteiger partial charge on any atom is 0.0636 e. The van der Waals surface area contributed by atoms with Gasteiger partial charge < -0.3 is 0 Å². The van der Waals surface area contributed by atoms with Crippen molar-refractivity contribution >= 4 is 39.1 Å². The largest absolute Gasteiger partial charge is 0.286 e. The van der Waals surface area contributed by atoms with Crippen LogP contribution in [-0.4, -0.2) is 22.0 Å². The Morgan fingerprint density at radius 1 is 0.833 bits per heavy atom. The number of aromatic nitrogens is 1. The van der Waals surface area contributed by atoms with Crippen molar-refractivity contribution in [3.63, 3.8) is 0 Å². The average molecular weight is 502 g/mol. The van der Waals surface area contributed by atoms with Crippen molar-refractivity contribution in [2.24, 2.45) is 0 Å². The molecule has 2 aliphatic heterocycles. The molecule has 5 rings (SSSR count). The third kappa shape index (κ3) is 3.82. The van der Waals surface area contributed by atoms with Crippen LogP contribution in [0.4, 0.5) is 0 Å². The zero-order valence-corrected chi connectivity index (χ0v) is 19.6. The molecule has 0 aliphatic carbocycles. The van der Waals surface area contributed by atoms with Crippen LogP contribution < -0.4 is 0 Å². The van der Waals surface area contributed by atoms with Crippen LogP contribution >= 0.6 is 39.1 Å². The molecule has 0 saturated carbocycles. The highest BCUT2D eigenvalue weighted by molar-refractivity contribution is 9.10. The van der Waals surface area contributed by atoms with Crippen LogP contribution in [0.2, 0.25) is 10.0 Å². The van der Waals surface area contributed by atoms with E-state index in [1.807, 2.05) is 30.5 Å². The van der Waals surface area contributed by atoms with Gasteiger partial charge in [0, 0.05) is 44.4 Å². The van der Waals surface area contributed by atoms with Gasteiger partial charge in [0.2, 0.25) is 0 Å². The molecule has 154 valence electrons. The molecular formula is C25H23BrCl2N2. The SMILES string of the molecule is Clc1ccccc1C(c1ccccc1Cl)N1C2CCC1CC(c1ccc(Br)cn1)C2. The van der Waals surface area contributed by atoms with Gasteiger partial charge in [0.1, 0.15) is 0 Å². The van der Waals surface area contributed by atoms with Crippen molar-refractivity contribution in [2.45, 2.75) is 49.7 Å². The summed E-state index contributed by atoms with van der Waals surface area (Å²) < 4.78 is 1.03. The summed E-state index contributed by atoms with van der Waals surface area (Å²) in [5, 5.41) is 1.61. The summed E-state index contributed by atoms with van der Waals surface area (Å²) in [7, 11) is 0. The molecule has 2 fully saturated rings. The number of hydrogen-bond acceptors (Lipinski definition) is 2. The van der Waals surface area contributed by atoms with Crippen LogP contribution in [0.15, 0.2) is 71.3 Å². The van der Waals surface area contributed by atoms with Crippen LogP contribution in [0, 0.1) is 0 Å². The molecule has 30 heavy (non-hydrogen) atoms. The first-order chi connectivity index (χ1) is 14.6. The molecule has 0 amide bonds. The van der Waals surface area contributed by atoms with Gasteiger partial charge in [0.25, 0.3) is 0 Å². The van der Waals surface area contributed by atoms with Gasteiger partial charge in [0.15, 0.2) is 0 Å². The van der Waals surface area contributed by atoms with E-state index in [-0.39, 0.29) is 6.04 Å². The van der Waals surface area contributed by atoms with Crippen molar-refractivity contribution in [2.75, 3.05) is 0 Å². The summed E-state index contributed by atoms with van der Waals surface area (Å²) in [6.07, 6.45) is 6.58. The Morgan fingerprint density at radius 2 is 1.40 bits per heavy atom. The minimum absolute atomic E-state index is 0.0729. The van der Waals surface area contributed by atoms with E-state index >= 15 is 0 Å². The number of rotatable bonds is 4. The van der Waals surface area contributed by atoms with E-state index in [4.69, 9.17) is 28.2 Å². The van der Waals surface area contributed by atoms with E-state index < -0.39 is 0 Å². The van der Waals surface area contributed by atoms with E-state index in [1.54, 1.807) is 0 Å². The standard InChI is InChI=1S/C25H23BrCl2N2/c26-17-9-12-24(29-15-17)16-13-18-10-11-19(14-16)30(18)25(20-5-1-3-7-22(20)27)21-6-2-4-8-23(21)28/h1-9,12,15-16,18-19,25H,10-11,13-14H2. The molecule has 0 radical (unpaired) electrons. The van der Waals surface area contributed by atoms with Crippen molar-refractivity contribution in [1.82, 2.24) is 9.88 Å². The van der Waals surface area contributed by atoms with Gasteiger partial charge in [-0.1, -0.05) is 59.6 Å². The fraction of sp³-hybridized carbons (Fsp3) is 0.320. The Morgan fingerprint density at radius 3 is 1.90 bits per heavy atom. The Hall–Kier alpha value is -1.39. The van der Waals surface area contributed by atoms with Crippen LogP contribution in [0.25, 0.3) is 0 Å². The molecular weight excluding hydrogens is 479 g/mol. The van der Waals surface area contributed by atoms with Crippen molar-refractivity contribution < 1.29 is 0 Å². The average Bonchev–Trinajstić information content (AvgIpc) is 3.00. The number of halogens is 3. The van der Waals surface area contributed by atoms with Gasteiger partial charge in [-0.25, -0.2) is 0 Å². The summed E-state index contributed by atoms with van der Waals surface area (Å²) in [6, 6.07) is 21.8. The molecule has 0 spiro atoms. The molecule has 1 aromatic heterocycles. The van der Waals surface area contributed by atoms with E-state index in [0.29, 0.717) is 18.0 Å². The molecule has 2 aliphatic rings. The number of fused-ring (bicyclic) bond motifs is 2. The number of nitrogens with zero attached hydrogens (tertiary/aromatic N) is 2. The number of piperidine rings is 1. The smallest absolute Gasteiger partial charge is 0.0636 e. The fourth-order valence-electron chi connectivity index (χ4n) is 5.39. The molecule has 5 heteroatoms. The Labute approximate surface area is 196 Å². The minimum Gasteiger partial charge on any atom is -0.286 e. The molecule has 2 bridgehead atoms. The summed E-state index contributed by atoms with van der Waals surface area (Å²) in [5.41, 5.74) is 3.50. The monoisotopic (exact) mass is 500 g/mol. The first kappa shape index (κ1) is 20.5. The topological polar surface area (TPSA) is 16.1 Å². The second-order valence-corrected chi connectivity index (χ2v) is 10.1. The first-order valence-electron chi connectivity index (χ1n) is 10.5. The van der Waals surface area contributed by atoms with Crippen molar-refractivity contribution in [3.8, 4) is 0 Å². The molecule has 2 atom stereocenters. The molecule has 3 aromatic rings. The zero-order chi connectivity index (χ0) is 20.7. The predicted octanol–water partition coefficient (Wildman–Crippen LogP) is 7.65. The molecule has 2 aromatic carbocycles. The fourth-order valence-corrected chi connectivity index (χ4v) is 6.10. The number of benzene rings is 2. The Kier molecular flexibility index (Phi) is 5.90. The lowest BCUT2D eigenvalue weighted by molar-refractivity contribution is 0.0926. The molecule has 2 saturated heterocycles. The van der Waals surface area contributed by atoms with Gasteiger partial charge in [-0.05, 0) is 77.0 Å². The van der Waals surface area contributed by atoms with Gasteiger partial charge in [0.05, 0.1) is 6.04 Å². The van der Waals surface area contributed by atoms with E-state index in [0.717, 1.165) is 38.5 Å². The van der Waals surface area contributed by atoms with E-state index in [1.165, 1.54) is 18.5 Å². The van der Waals surface area contributed by atoms with Crippen LogP contribution in [0.3, 0.4) is 0 Å². The van der Waals surface area contributed by atoms with Crippen LogP contribution in [0.1, 0.15) is 54.5 Å². The highest BCUT2D eigenvalue weighted by Crippen LogP contribution is 2.50. The number of pyridine rings is 1. The molecule has 2 nitrogen and oxygen atoms in total. The maximum atomic E-state index is 6.71. The molecule has 3 heterocycles. The van der Waals surface area contributed by atoms with E-state index in [2.05, 4.69) is 57.2 Å². The second-order valence-electron chi connectivity index (χ2n) is 8.35. The van der Waals surface area contributed by atoms with Gasteiger partial charge in [-0.3, -0.25) is 9.88 Å². The van der Waals surface area contributed by atoms with Crippen molar-refractivity contribution in [3.05, 3.63) is 98.2 Å². The lowest BCUT2D eigenvalue weighted by atomic mass is 9.84. The maximum absolute atomic E-state index is 6.71. The Bertz CT molecular complexity index is 980. The molecule has 2 unspecified atom stereocenters. The summed E-state index contributed by atoms with van der Waals surface area (Å²) in [6.45, 7) is 0. The summed E-state index contributed by atoms with van der Waals surface area (Å²) >= 11 is 16.9. The number of hydrogen-bond donors (Lipinski definition) is 0. The van der Waals surface area contributed by atoms with Gasteiger partial charge >= 0.3 is 0 Å². The van der Waals surface area contributed by atoms with E-state index in [9.17, 15) is 0 Å². The highest BCUT2D eigenvalue weighted by atomic mass is 79.9. The summed E-state index contributed by atoms with van der Waals surface area (Å²) in [4.78, 5) is 7.40. The lowest BCUT2D eigenvalue weighted by Crippen LogP contribution is -2.45. The molecule has 0 N–H and O–H groups in total. The van der Waals surface area contributed by atoms with Crippen LogP contribution in [0.5, 0.6) is 0 Å². The van der Waals surface area contributed by atoms with Gasteiger partial charge in [-0.2, -0.15) is 0 Å². The van der Waals surface area contributed by atoms with Crippen LogP contribution in [-0.2, 0) is 0 Å². The lowest BCUT2D eigenvalue weighted by Gasteiger charge is -2.44.